The van der Waals surface area contributed by atoms with Gasteiger partial charge in [-0.15, -0.1) is 0 Å². The van der Waals surface area contributed by atoms with Crippen molar-refractivity contribution in [3.63, 3.8) is 0 Å². The Morgan fingerprint density at radius 2 is 2.00 bits per heavy atom. The number of methoxy groups -OCH3 is 1. The number of ether oxygens (including phenoxy) is 1. The van der Waals surface area contributed by atoms with Gasteiger partial charge < -0.3 is 9.26 Å². The molecule has 0 aliphatic carbocycles. The van der Waals surface area contributed by atoms with Gasteiger partial charge in [0.25, 0.3) is 0 Å². The van der Waals surface area contributed by atoms with Crippen LogP contribution in [0.5, 0.6) is 5.75 Å². The monoisotopic (exact) mass is 346 g/mol. The maximum Gasteiger partial charge on any atom is 0.239 e. The van der Waals surface area contributed by atoms with Crippen LogP contribution in [-0.4, -0.2) is 21.5 Å². The average Bonchev–Trinajstić information content (AvgIpc) is 3.03. The molecule has 0 saturated heterocycles. The van der Waals surface area contributed by atoms with Crippen molar-refractivity contribution < 1.29 is 17.9 Å². The van der Waals surface area contributed by atoms with Crippen LogP contribution in [0, 0.1) is 5.82 Å². The molecule has 0 aliphatic rings. The Morgan fingerprint density at radius 3 is 2.79 bits per heavy atom. The van der Waals surface area contributed by atoms with E-state index < -0.39 is 10.8 Å². The highest BCUT2D eigenvalue weighted by atomic mass is 32.2. The molecule has 0 amide bonds. The van der Waals surface area contributed by atoms with Gasteiger partial charge in [0.2, 0.25) is 11.7 Å². The van der Waals surface area contributed by atoms with Crippen molar-refractivity contribution in [3.05, 3.63) is 65.8 Å². The van der Waals surface area contributed by atoms with E-state index in [1.165, 1.54) is 12.1 Å². The summed E-state index contributed by atoms with van der Waals surface area (Å²) in [5.74, 6) is 1.27. The number of para-hydroxylation sites is 1. The lowest BCUT2D eigenvalue weighted by atomic mass is 10.2. The Hall–Kier alpha value is -2.54. The van der Waals surface area contributed by atoms with Gasteiger partial charge in [-0.1, -0.05) is 29.4 Å². The summed E-state index contributed by atoms with van der Waals surface area (Å²) in [5.41, 5.74) is 1.36. The molecule has 2 aromatic carbocycles. The maximum absolute atomic E-state index is 13.2. The zero-order valence-corrected chi connectivity index (χ0v) is 13.8. The predicted molar refractivity (Wildman–Crippen MR) is 88.2 cm³/mol. The Balaban J connectivity index is 1.71. The number of benzene rings is 2. The lowest BCUT2D eigenvalue weighted by Gasteiger charge is -2.03. The third-order valence-corrected chi connectivity index (χ3v) is 4.54. The minimum absolute atomic E-state index is 0.110. The standard InChI is InChI=1S/C17H15FN2O3S/c1-22-15-8-3-2-7-14(15)17-19-16(23-20-17)11-24(21)10-12-5-4-6-13(18)9-12/h2-9H,10-11H2,1H3/t24-/m1/s1. The molecule has 124 valence electrons. The maximum atomic E-state index is 13.2. The van der Waals surface area contributed by atoms with Gasteiger partial charge >= 0.3 is 0 Å². The molecular weight excluding hydrogens is 331 g/mol. The summed E-state index contributed by atoms with van der Waals surface area (Å²) in [6, 6.07) is 13.3. The van der Waals surface area contributed by atoms with Crippen LogP contribution in [0.25, 0.3) is 11.4 Å². The molecule has 0 fully saturated rings. The second-order valence-electron chi connectivity index (χ2n) is 5.07. The zero-order chi connectivity index (χ0) is 16.9. The van der Waals surface area contributed by atoms with E-state index in [0.717, 1.165) is 0 Å². The van der Waals surface area contributed by atoms with Crippen LogP contribution in [-0.2, 0) is 22.3 Å². The number of rotatable bonds is 6. The van der Waals surface area contributed by atoms with Crippen molar-refractivity contribution in [2.45, 2.75) is 11.5 Å². The molecular formula is C17H15FN2O3S. The highest BCUT2D eigenvalue weighted by Crippen LogP contribution is 2.27. The molecule has 0 spiro atoms. The summed E-state index contributed by atoms with van der Waals surface area (Å²) < 4.78 is 35.8. The first-order chi connectivity index (χ1) is 11.7. The van der Waals surface area contributed by atoms with Gasteiger partial charge in [0, 0.05) is 16.6 Å². The molecule has 0 N–H and O–H groups in total. The third-order valence-electron chi connectivity index (χ3n) is 3.32. The Bertz CT molecular complexity index is 866. The number of nitrogens with zero attached hydrogens (tertiary/aromatic N) is 2. The fourth-order valence-corrected chi connectivity index (χ4v) is 3.30. The number of hydrogen-bond acceptors (Lipinski definition) is 5. The smallest absolute Gasteiger partial charge is 0.239 e. The van der Waals surface area contributed by atoms with Crippen molar-refractivity contribution in [3.8, 4) is 17.1 Å². The third kappa shape index (κ3) is 3.86. The SMILES string of the molecule is COc1ccccc1-c1noc(C[S@](=O)Cc2cccc(F)c2)n1. The highest BCUT2D eigenvalue weighted by molar-refractivity contribution is 7.83. The quantitative estimate of drug-likeness (QED) is 0.685. The number of aromatic nitrogens is 2. The second-order valence-corrected chi connectivity index (χ2v) is 6.53. The number of hydrogen-bond donors (Lipinski definition) is 0. The van der Waals surface area contributed by atoms with Gasteiger partial charge in [-0.25, -0.2) is 4.39 Å². The molecule has 0 aliphatic heterocycles. The molecule has 3 rings (SSSR count). The molecule has 0 bridgehead atoms. The summed E-state index contributed by atoms with van der Waals surface area (Å²) in [6.45, 7) is 0. The van der Waals surface area contributed by atoms with Crippen LogP contribution in [0.4, 0.5) is 4.39 Å². The first-order valence-corrected chi connectivity index (χ1v) is 8.70. The van der Waals surface area contributed by atoms with Crippen molar-refractivity contribution in [2.75, 3.05) is 7.11 Å². The van der Waals surface area contributed by atoms with Gasteiger partial charge in [-0.2, -0.15) is 4.98 Å². The summed E-state index contributed by atoms with van der Waals surface area (Å²) in [4.78, 5) is 4.26. The molecule has 7 heteroatoms. The topological polar surface area (TPSA) is 65.2 Å². The summed E-state index contributed by atoms with van der Waals surface area (Å²) in [7, 11) is 0.289. The molecule has 0 unspecified atom stereocenters. The van der Waals surface area contributed by atoms with E-state index in [2.05, 4.69) is 10.1 Å². The summed E-state index contributed by atoms with van der Waals surface area (Å²) in [5, 5.41) is 3.91. The first-order valence-electron chi connectivity index (χ1n) is 7.21. The van der Waals surface area contributed by atoms with E-state index in [0.29, 0.717) is 22.7 Å². The average molecular weight is 346 g/mol. The normalized spacial score (nSPS) is 12.1. The van der Waals surface area contributed by atoms with E-state index in [-0.39, 0.29) is 23.2 Å². The van der Waals surface area contributed by atoms with Crippen LogP contribution < -0.4 is 4.74 Å². The van der Waals surface area contributed by atoms with Crippen LogP contribution in [0.15, 0.2) is 53.1 Å². The highest BCUT2D eigenvalue weighted by Gasteiger charge is 2.15. The molecule has 24 heavy (non-hydrogen) atoms. The Morgan fingerprint density at radius 1 is 1.17 bits per heavy atom. The molecule has 3 aromatic rings. The fourth-order valence-electron chi connectivity index (χ4n) is 2.25. The largest absolute Gasteiger partial charge is 0.496 e. The molecule has 0 radical (unpaired) electrons. The van der Waals surface area contributed by atoms with E-state index in [9.17, 15) is 8.60 Å². The Kier molecular flexibility index (Phi) is 5.00. The summed E-state index contributed by atoms with van der Waals surface area (Å²) >= 11 is 0. The zero-order valence-electron chi connectivity index (χ0n) is 12.9. The fraction of sp³-hybridized carbons (Fsp3) is 0.176. The van der Waals surface area contributed by atoms with Crippen LogP contribution in [0.1, 0.15) is 11.5 Å². The first kappa shape index (κ1) is 16.3. The minimum Gasteiger partial charge on any atom is -0.496 e. The molecule has 1 atom stereocenters. The molecule has 1 heterocycles. The summed E-state index contributed by atoms with van der Waals surface area (Å²) in [6.07, 6.45) is 0. The van der Waals surface area contributed by atoms with E-state index in [1.54, 1.807) is 25.3 Å². The van der Waals surface area contributed by atoms with Gasteiger partial charge in [-0.05, 0) is 29.8 Å². The Labute approximate surface area is 140 Å². The van der Waals surface area contributed by atoms with Gasteiger partial charge in [0.1, 0.15) is 17.3 Å². The van der Waals surface area contributed by atoms with Gasteiger partial charge in [0.15, 0.2) is 0 Å². The van der Waals surface area contributed by atoms with Gasteiger partial charge in [-0.3, -0.25) is 4.21 Å². The number of halogens is 1. The van der Waals surface area contributed by atoms with Crippen molar-refractivity contribution in [1.82, 2.24) is 10.1 Å². The van der Waals surface area contributed by atoms with Gasteiger partial charge in [0.05, 0.1) is 12.7 Å². The van der Waals surface area contributed by atoms with E-state index in [4.69, 9.17) is 9.26 Å². The van der Waals surface area contributed by atoms with Crippen molar-refractivity contribution in [2.24, 2.45) is 0 Å². The lowest BCUT2D eigenvalue weighted by molar-refractivity contribution is 0.389. The van der Waals surface area contributed by atoms with Crippen molar-refractivity contribution in [1.29, 1.82) is 0 Å². The molecule has 0 saturated carbocycles. The van der Waals surface area contributed by atoms with E-state index in [1.807, 2.05) is 18.2 Å². The van der Waals surface area contributed by atoms with Crippen LogP contribution in [0.2, 0.25) is 0 Å². The second kappa shape index (κ2) is 7.35. The van der Waals surface area contributed by atoms with Crippen LogP contribution in [0.3, 0.4) is 0 Å². The molecule has 5 nitrogen and oxygen atoms in total. The molecule has 1 aromatic heterocycles. The van der Waals surface area contributed by atoms with E-state index >= 15 is 0 Å². The predicted octanol–water partition coefficient (Wildman–Crippen LogP) is 3.33. The van der Waals surface area contributed by atoms with Crippen LogP contribution >= 0.6 is 0 Å². The van der Waals surface area contributed by atoms with Crippen molar-refractivity contribution >= 4 is 10.8 Å². The minimum atomic E-state index is -1.27. The lowest BCUT2D eigenvalue weighted by Crippen LogP contribution is -2.00.